The molecule has 2 aromatic rings. The number of nitrogens with one attached hydrogen (secondary N) is 4. The van der Waals surface area contributed by atoms with Crippen molar-refractivity contribution in [2.75, 3.05) is 62.0 Å². The fraction of sp³-hybridized carbons (Fsp3) is 0.667. The van der Waals surface area contributed by atoms with Gasteiger partial charge in [0, 0.05) is 31.2 Å². The van der Waals surface area contributed by atoms with Gasteiger partial charge < -0.3 is 30.7 Å². The first-order chi connectivity index (χ1) is 19.7. The van der Waals surface area contributed by atoms with Crippen LogP contribution in [0.2, 0.25) is 0 Å². The Balaban J connectivity index is 1.01. The van der Waals surface area contributed by atoms with E-state index < -0.39 is 0 Å². The minimum atomic E-state index is -0.0926. The van der Waals surface area contributed by atoms with E-state index in [-0.39, 0.29) is 5.91 Å². The van der Waals surface area contributed by atoms with Crippen molar-refractivity contribution in [3.63, 3.8) is 0 Å². The zero-order valence-corrected chi connectivity index (χ0v) is 23.7. The van der Waals surface area contributed by atoms with Crippen LogP contribution < -0.4 is 21.3 Å². The van der Waals surface area contributed by atoms with Gasteiger partial charge in [0.15, 0.2) is 0 Å². The van der Waals surface area contributed by atoms with Crippen molar-refractivity contribution in [2.24, 2.45) is 23.7 Å². The lowest BCUT2D eigenvalue weighted by molar-refractivity contribution is 0.00728. The average Bonchev–Trinajstić information content (AvgIpc) is 2.96. The molecule has 4 saturated carbocycles. The fourth-order valence-electron chi connectivity index (χ4n) is 6.77. The zero-order chi connectivity index (χ0) is 27.6. The molecular formula is C30H45N7O3. The van der Waals surface area contributed by atoms with Crippen LogP contribution in [0, 0.1) is 23.7 Å². The SMILES string of the molecule is CCCCNc1nc(NCCOCCOCCNC(=O)c2ccccc2)nc(NC2C3CC4CC(C3)CC2C4)n1. The first-order valence-corrected chi connectivity index (χ1v) is 15.2. The Morgan fingerprint density at radius 3 is 2.02 bits per heavy atom. The molecule has 218 valence electrons. The number of carbonyl (C=O) groups excluding carboxylic acids is 1. The van der Waals surface area contributed by atoms with Gasteiger partial charge in [0.25, 0.3) is 5.91 Å². The molecule has 0 aliphatic heterocycles. The molecule has 4 fully saturated rings. The molecule has 6 rings (SSSR count). The lowest BCUT2D eigenvalue weighted by Crippen LogP contribution is -2.51. The van der Waals surface area contributed by atoms with Crippen LogP contribution >= 0.6 is 0 Å². The number of aromatic nitrogens is 3. The van der Waals surface area contributed by atoms with Gasteiger partial charge in [-0.25, -0.2) is 0 Å². The van der Waals surface area contributed by atoms with Crippen LogP contribution in [0.5, 0.6) is 0 Å². The van der Waals surface area contributed by atoms with E-state index in [1.165, 1.54) is 32.1 Å². The van der Waals surface area contributed by atoms with Crippen LogP contribution in [-0.2, 0) is 9.47 Å². The lowest BCUT2D eigenvalue weighted by Gasteiger charge is -2.54. The number of amides is 1. The van der Waals surface area contributed by atoms with Crippen LogP contribution in [0.25, 0.3) is 0 Å². The summed E-state index contributed by atoms with van der Waals surface area (Å²) in [6, 6.07) is 9.64. The fourth-order valence-corrected chi connectivity index (χ4v) is 6.77. The number of rotatable bonds is 17. The minimum absolute atomic E-state index is 0.0926. The van der Waals surface area contributed by atoms with Crippen molar-refractivity contribution in [1.82, 2.24) is 20.3 Å². The molecule has 4 bridgehead atoms. The maximum atomic E-state index is 12.0. The average molecular weight is 552 g/mol. The van der Waals surface area contributed by atoms with Crippen LogP contribution in [-0.4, -0.2) is 73.0 Å². The summed E-state index contributed by atoms with van der Waals surface area (Å²) in [5, 5.41) is 13.2. The summed E-state index contributed by atoms with van der Waals surface area (Å²) in [6.45, 7) is 5.97. The Morgan fingerprint density at radius 2 is 1.38 bits per heavy atom. The van der Waals surface area contributed by atoms with Crippen LogP contribution in [0.1, 0.15) is 62.2 Å². The Morgan fingerprint density at radius 1 is 0.775 bits per heavy atom. The number of benzene rings is 1. The predicted molar refractivity (Wildman–Crippen MR) is 157 cm³/mol. The van der Waals surface area contributed by atoms with Gasteiger partial charge in [0.1, 0.15) is 0 Å². The molecule has 1 aromatic carbocycles. The lowest BCUT2D eigenvalue weighted by atomic mass is 9.54. The summed E-state index contributed by atoms with van der Waals surface area (Å²) < 4.78 is 11.3. The monoisotopic (exact) mass is 551 g/mol. The number of hydrogen-bond acceptors (Lipinski definition) is 9. The number of ether oxygens (including phenoxy) is 2. The van der Waals surface area contributed by atoms with Crippen molar-refractivity contribution in [3.8, 4) is 0 Å². The van der Waals surface area contributed by atoms with Crippen molar-refractivity contribution in [1.29, 1.82) is 0 Å². The molecule has 0 saturated heterocycles. The molecular weight excluding hydrogens is 506 g/mol. The summed E-state index contributed by atoms with van der Waals surface area (Å²) in [6.07, 6.45) is 9.05. The number of carbonyl (C=O) groups is 1. The predicted octanol–water partition coefficient (Wildman–Crippen LogP) is 4.20. The van der Waals surface area contributed by atoms with Crippen molar-refractivity contribution in [3.05, 3.63) is 35.9 Å². The molecule has 0 unspecified atom stereocenters. The summed E-state index contributed by atoms with van der Waals surface area (Å²) in [5.74, 6) is 5.13. The van der Waals surface area contributed by atoms with Gasteiger partial charge in [-0.3, -0.25) is 4.79 Å². The highest BCUT2D eigenvalue weighted by atomic mass is 16.5. The molecule has 10 heteroatoms. The Bertz CT molecular complexity index is 1040. The van der Waals surface area contributed by atoms with E-state index in [1.54, 1.807) is 12.1 Å². The second-order valence-corrected chi connectivity index (χ2v) is 11.5. The number of hydrogen-bond donors (Lipinski definition) is 4. The summed E-state index contributed by atoms with van der Waals surface area (Å²) >= 11 is 0. The number of nitrogens with zero attached hydrogens (tertiary/aromatic N) is 3. The maximum Gasteiger partial charge on any atom is 0.251 e. The highest BCUT2D eigenvalue weighted by Gasteiger charge is 2.48. The molecule has 0 radical (unpaired) electrons. The van der Waals surface area contributed by atoms with E-state index in [9.17, 15) is 4.79 Å². The highest BCUT2D eigenvalue weighted by Crippen LogP contribution is 2.54. The summed E-state index contributed by atoms with van der Waals surface area (Å²) in [5.41, 5.74) is 0.649. The van der Waals surface area contributed by atoms with Gasteiger partial charge in [-0.2, -0.15) is 15.0 Å². The summed E-state index contributed by atoms with van der Waals surface area (Å²) in [7, 11) is 0. The third-order valence-electron chi connectivity index (χ3n) is 8.44. The van der Waals surface area contributed by atoms with Crippen LogP contribution in [0.15, 0.2) is 30.3 Å². The highest BCUT2D eigenvalue weighted by molar-refractivity contribution is 5.94. The van der Waals surface area contributed by atoms with Gasteiger partial charge >= 0.3 is 0 Å². The zero-order valence-electron chi connectivity index (χ0n) is 23.7. The molecule has 40 heavy (non-hydrogen) atoms. The first-order valence-electron chi connectivity index (χ1n) is 15.2. The van der Waals surface area contributed by atoms with Crippen LogP contribution in [0.4, 0.5) is 17.8 Å². The smallest absolute Gasteiger partial charge is 0.251 e. The quantitative estimate of drug-likeness (QED) is 0.214. The normalized spacial score (nSPS) is 24.6. The number of anilines is 3. The van der Waals surface area contributed by atoms with Gasteiger partial charge in [-0.05, 0) is 74.3 Å². The molecule has 4 aliphatic rings. The van der Waals surface area contributed by atoms with E-state index in [1.807, 2.05) is 18.2 Å². The van der Waals surface area contributed by atoms with E-state index in [0.717, 1.165) is 43.1 Å². The second kappa shape index (κ2) is 14.6. The van der Waals surface area contributed by atoms with Gasteiger partial charge in [-0.1, -0.05) is 31.5 Å². The van der Waals surface area contributed by atoms with E-state index in [0.29, 0.717) is 69.0 Å². The molecule has 1 amide bonds. The minimum Gasteiger partial charge on any atom is -0.377 e. The molecule has 1 heterocycles. The van der Waals surface area contributed by atoms with E-state index >= 15 is 0 Å². The van der Waals surface area contributed by atoms with Gasteiger partial charge in [0.05, 0.1) is 26.4 Å². The first kappa shape index (κ1) is 28.5. The number of unbranched alkanes of at least 4 members (excludes halogenated alkanes) is 1. The van der Waals surface area contributed by atoms with Crippen molar-refractivity contribution < 1.29 is 14.3 Å². The molecule has 10 nitrogen and oxygen atoms in total. The maximum absolute atomic E-state index is 12.0. The van der Waals surface area contributed by atoms with E-state index in [4.69, 9.17) is 19.4 Å². The molecule has 0 spiro atoms. The standard InChI is InChI=1S/C30H45N7O3/c1-2-3-9-32-28-35-29(37-30(36-28)34-26-24-17-21-16-22(19-24)20-25(26)18-21)33-11-13-40-15-14-39-12-10-31-27(38)23-7-5-4-6-8-23/h4-8,21-22,24-26H,2-3,9-20H2,1H3,(H,31,38)(H3,32,33,34,35,36,37). The Labute approximate surface area is 237 Å². The van der Waals surface area contributed by atoms with Crippen LogP contribution in [0.3, 0.4) is 0 Å². The van der Waals surface area contributed by atoms with Crippen molar-refractivity contribution in [2.45, 2.75) is 57.9 Å². The topological polar surface area (TPSA) is 122 Å². The molecule has 4 N–H and O–H groups in total. The third kappa shape index (κ3) is 8.04. The molecule has 4 aliphatic carbocycles. The van der Waals surface area contributed by atoms with Gasteiger partial charge in [-0.15, -0.1) is 0 Å². The molecule has 0 atom stereocenters. The summed E-state index contributed by atoms with van der Waals surface area (Å²) in [4.78, 5) is 26.0. The van der Waals surface area contributed by atoms with Crippen molar-refractivity contribution >= 4 is 23.8 Å². The Kier molecular flexibility index (Phi) is 10.4. The molecule has 1 aromatic heterocycles. The van der Waals surface area contributed by atoms with Gasteiger partial charge in [0.2, 0.25) is 17.8 Å². The second-order valence-electron chi connectivity index (χ2n) is 11.5. The largest absolute Gasteiger partial charge is 0.377 e. The third-order valence-corrected chi connectivity index (χ3v) is 8.44. The van der Waals surface area contributed by atoms with E-state index in [2.05, 4.69) is 33.2 Å². The Hall–Kier alpha value is -2.98.